The molecule has 1 atom stereocenters. The van der Waals surface area contributed by atoms with Gasteiger partial charge in [-0.3, -0.25) is 9.69 Å². The lowest BCUT2D eigenvalue weighted by atomic mass is 9.96. The molecule has 0 spiro atoms. The van der Waals surface area contributed by atoms with Crippen LogP contribution < -0.4 is 5.32 Å². The van der Waals surface area contributed by atoms with Crippen LogP contribution in [0.1, 0.15) is 61.4 Å². The van der Waals surface area contributed by atoms with Gasteiger partial charge in [-0.05, 0) is 31.7 Å². The van der Waals surface area contributed by atoms with E-state index in [0.29, 0.717) is 18.3 Å². The summed E-state index contributed by atoms with van der Waals surface area (Å²) in [6.07, 6.45) is -4.43. The molecule has 1 aromatic carbocycles. The van der Waals surface area contributed by atoms with Gasteiger partial charge in [-0.15, -0.1) is 0 Å². The normalized spacial score (nSPS) is 13.6. The van der Waals surface area contributed by atoms with E-state index in [9.17, 15) is 18.0 Å². The molecular weight excluding hydrogens is 373 g/mol. The van der Waals surface area contributed by atoms with Gasteiger partial charge >= 0.3 is 6.18 Å². The molecule has 9 heteroatoms. The van der Waals surface area contributed by atoms with Gasteiger partial charge in [0.2, 0.25) is 5.89 Å². The number of hydrogen-bond acceptors (Lipinski definition) is 5. The van der Waals surface area contributed by atoms with Gasteiger partial charge in [-0.2, -0.15) is 18.2 Å². The molecule has 0 fully saturated rings. The summed E-state index contributed by atoms with van der Waals surface area (Å²) >= 11 is 0. The number of alkyl halides is 3. The molecule has 154 valence electrons. The van der Waals surface area contributed by atoms with Gasteiger partial charge in [0, 0.05) is 17.5 Å². The largest absolute Gasteiger partial charge is 0.405 e. The van der Waals surface area contributed by atoms with Crippen LogP contribution >= 0.6 is 0 Å². The molecule has 0 aliphatic rings. The number of benzene rings is 1. The smallest absolute Gasteiger partial charge is 0.343 e. The summed E-state index contributed by atoms with van der Waals surface area (Å²) in [5.74, 6) is 0.388. The molecule has 0 aliphatic heterocycles. The maximum absolute atomic E-state index is 12.2. The highest BCUT2D eigenvalue weighted by Gasteiger charge is 2.28. The third-order valence-electron chi connectivity index (χ3n) is 4.23. The van der Waals surface area contributed by atoms with Gasteiger partial charge in [0.05, 0.1) is 6.04 Å². The summed E-state index contributed by atoms with van der Waals surface area (Å²) in [4.78, 5) is 18.2. The Labute approximate surface area is 162 Å². The molecule has 0 aliphatic carbocycles. The van der Waals surface area contributed by atoms with Crippen LogP contribution in [0, 0.1) is 0 Å². The van der Waals surface area contributed by atoms with E-state index in [4.69, 9.17) is 4.52 Å². The van der Waals surface area contributed by atoms with Crippen molar-refractivity contribution in [2.75, 3.05) is 13.6 Å². The molecule has 28 heavy (non-hydrogen) atoms. The molecule has 0 bridgehead atoms. The third kappa shape index (κ3) is 6.05. The Kier molecular flexibility index (Phi) is 6.48. The van der Waals surface area contributed by atoms with Crippen molar-refractivity contribution in [2.45, 2.75) is 51.9 Å². The molecule has 0 saturated heterocycles. The first-order valence-corrected chi connectivity index (χ1v) is 8.85. The van der Waals surface area contributed by atoms with Crippen molar-refractivity contribution in [1.29, 1.82) is 0 Å². The van der Waals surface area contributed by atoms with Crippen molar-refractivity contribution < 1.29 is 22.5 Å². The Hall–Kier alpha value is -2.42. The Morgan fingerprint density at radius 3 is 2.32 bits per heavy atom. The average molecular weight is 398 g/mol. The molecule has 0 saturated carbocycles. The van der Waals surface area contributed by atoms with Crippen LogP contribution in [0.3, 0.4) is 0 Å². The standard InChI is InChI=1S/C19H25F3N4O2/c1-12(16-24-17(25-28-16)18(2,3)4)26(5)10-13-6-8-14(9-7-13)15(27)23-11-19(20,21)22/h6-9,12H,10-11H2,1-5H3,(H,23,27)/t12-/m0/s1. The van der Waals surface area contributed by atoms with E-state index < -0.39 is 18.6 Å². The summed E-state index contributed by atoms with van der Waals surface area (Å²) < 4.78 is 41.9. The first kappa shape index (κ1) is 21.9. The summed E-state index contributed by atoms with van der Waals surface area (Å²) in [6, 6.07) is 6.30. The molecule has 1 heterocycles. The SMILES string of the molecule is C[C@@H](c1nc(C(C)(C)C)no1)N(C)Cc1ccc(C(=O)NCC(F)(F)F)cc1. The Bertz CT molecular complexity index is 795. The highest BCUT2D eigenvalue weighted by molar-refractivity contribution is 5.94. The van der Waals surface area contributed by atoms with Crippen LogP contribution in [-0.4, -0.2) is 40.7 Å². The lowest BCUT2D eigenvalue weighted by Crippen LogP contribution is -2.33. The minimum atomic E-state index is -4.43. The number of nitrogens with zero attached hydrogens (tertiary/aromatic N) is 3. The Morgan fingerprint density at radius 2 is 1.82 bits per heavy atom. The van der Waals surface area contributed by atoms with Gasteiger partial charge in [0.15, 0.2) is 5.82 Å². The second-order valence-electron chi connectivity index (χ2n) is 7.79. The fraction of sp³-hybridized carbons (Fsp3) is 0.526. The Balaban J connectivity index is 1.97. The van der Waals surface area contributed by atoms with Crippen molar-refractivity contribution in [3.05, 3.63) is 47.1 Å². The van der Waals surface area contributed by atoms with E-state index in [0.717, 1.165) is 5.56 Å². The predicted octanol–water partition coefficient (Wildman–Crippen LogP) is 3.85. The first-order valence-electron chi connectivity index (χ1n) is 8.85. The number of hydrogen-bond donors (Lipinski definition) is 1. The van der Waals surface area contributed by atoms with Crippen molar-refractivity contribution in [2.24, 2.45) is 0 Å². The Morgan fingerprint density at radius 1 is 1.21 bits per heavy atom. The molecule has 1 amide bonds. The summed E-state index contributed by atoms with van der Waals surface area (Å²) in [5, 5.41) is 5.88. The minimum absolute atomic E-state index is 0.127. The van der Waals surface area contributed by atoms with Gasteiger partial charge < -0.3 is 9.84 Å². The van der Waals surface area contributed by atoms with Crippen LogP contribution in [0.2, 0.25) is 0 Å². The molecule has 0 unspecified atom stereocenters. The van der Waals surface area contributed by atoms with E-state index in [2.05, 4.69) is 10.1 Å². The summed E-state index contributed by atoms with van der Waals surface area (Å²) in [6.45, 7) is 7.14. The van der Waals surface area contributed by atoms with Crippen LogP contribution in [0.15, 0.2) is 28.8 Å². The van der Waals surface area contributed by atoms with E-state index in [-0.39, 0.29) is 17.0 Å². The number of carbonyl (C=O) groups is 1. The number of amides is 1. The van der Waals surface area contributed by atoms with E-state index in [1.54, 1.807) is 12.1 Å². The quantitative estimate of drug-likeness (QED) is 0.800. The molecule has 1 N–H and O–H groups in total. The van der Waals surface area contributed by atoms with Crippen molar-refractivity contribution in [3.63, 3.8) is 0 Å². The topological polar surface area (TPSA) is 71.3 Å². The second kappa shape index (κ2) is 8.30. The zero-order valence-electron chi connectivity index (χ0n) is 16.6. The fourth-order valence-corrected chi connectivity index (χ4v) is 2.37. The molecule has 2 rings (SSSR count). The van der Waals surface area contributed by atoms with Crippen molar-refractivity contribution in [3.8, 4) is 0 Å². The lowest BCUT2D eigenvalue weighted by molar-refractivity contribution is -0.123. The number of halogens is 3. The molecule has 0 radical (unpaired) electrons. The van der Waals surface area contributed by atoms with Gasteiger partial charge in [0.1, 0.15) is 6.54 Å². The van der Waals surface area contributed by atoms with Crippen LogP contribution in [0.25, 0.3) is 0 Å². The number of aromatic nitrogens is 2. The summed E-state index contributed by atoms with van der Waals surface area (Å²) in [5.41, 5.74) is 0.871. The maximum atomic E-state index is 12.2. The first-order chi connectivity index (χ1) is 12.9. The lowest BCUT2D eigenvalue weighted by Gasteiger charge is -2.21. The van der Waals surface area contributed by atoms with E-state index in [1.165, 1.54) is 12.1 Å². The van der Waals surface area contributed by atoms with Crippen molar-refractivity contribution >= 4 is 5.91 Å². The van der Waals surface area contributed by atoms with Crippen LogP contribution in [-0.2, 0) is 12.0 Å². The minimum Gasteiger partial charge on any atom is -0.343 e. The molecule has 6 nitrogen and oxygen atoms in total. The number of nitrogens with one attached hydrogen (secondary N) is 1. The highest BCUT2D eigenvalue weighted by atomic mass is 19.4. The van der Waals surface area contributed by atoms with Gasteiger partial charge in [-0.25, -0.2) is 0 Å². The zero-order valence-corrected chi connectivity index (χ0v) is 16.6. The van der Waals surface area contributed by atoms with E-state index in [1.807, 2.05) is 45.0 Å². The monoisotopic (exact) mass is 398 g/mol. The fourth-order valence-electron chi connectivity index (χ4n) is 2.37. The second-order valence-corrected chi connectivity index (χ2v) is 7.79. The molecular formula is C19H25F3N4O2. The van der Waals surface area contributed by atoms with Crippen LogP contribution in [0.5, 0.6) is 0 Å². The van der Waals surface area contributed by atoms with Gasteiger partial charge in [0.25, 0.3) is 5.91 Å². The third-order valence-corrected chi connectivity index (χ3v) is 4.23. The number of carbonyl (C=O) groups excluding carboxylic acids is 1. The van der Waals surface area contributed by atoms with Crippen LogP contribution in [0.4, 0.5) is 13.2 Å². The molecule has 1 aromatic heterocycles. The van der Waals surface area contributed by atoms with E-state index >= 15 is 0 Å². The maximum Gasteiger partial charge on any atom is 0.405 e. The predicted molar refractivity (Wildman–Crippen MR) is 97.7 cm³/mol. The summed E-state index contributed by atoms with van der Waals surface area (Å²) in [7, 11) is 1.90. The van der Waals surface area contributed by atoms with Gasteiger partial charge in [-0.1, -0.05) is 38.1 Å². The average Bonchev–Trinajstić information content (AvgIpc) is 3.09. The zero-order chi connectivity index (χ0) is 21.1. The number of rotatable bonds is 6. The van der Waals surface area contributed by atoms with Crippen molar-refractivity contribution in [1.82, 2.24) is 20.4 Å². The molecule has 2 aromatic rings. The highest BCUT2D eigenvalue weighted by Crippen LogP contribution is 2.24.